The number of aromatic nitrogens is 1. The molecule has 1 N–H and O–H groups in total. The van der Waals surface area contributed by atoms with Gasteiger partial charge in [0.2, 0.25) is 0 Å². The molecule has 0 aliphatic carbocycles. The highest BCUT2D eigenvalue weighted by molar-refractivity contribution is 7.25. The normalized spacial score (nSPS) is 14.2. The Balaban J connectivity index is 1.05. The molecule has 1 aliphatic rings. The number of aliphatic imine (C=N–C) groups is 2. The lowest BCUT2D eigenvalue weighted by molar-refractivity contribution is 0.674. The van der Waals surface area contributed by atoms with Gasteiger partial charge < -0.3 is 9.88 Å². The van der Waals surface area contributed by atoms with Crippen molar-refractivity contribution in [2.24, 2.45) is 9.98 Å². The van der Waals surface area contributed by atoms with Gasteiger partial charge in [-0.15, -0.1) is 11.3 Å². The number of nitrogens with zero attached hydrogens (tertiary/aromatic N) is 3. The van der Waals surface area contributed by atoms with Crippen LogP contribution in [-0.4, -0.2) is 16.2 Å². The SMILES string of the molecule is c1ccc(C2=NC(c3cccc(-c4cccc5c4c4ccccc4n5-c4ccc5sc6ccccc6c5c4)c3)NC(c3ccccc3-c3ccccc3)=N2)cc1. The second kappa shape index (κ2) is 13.3. The Labute approximate surface area is 328 Å². The summed E-state index contributed by atoms with van der Waals surface area (Å²) in [7, 11) is 0. The minimum atomic E-state index is -0.353. The number of thiophene rings is 1. The molecule has 1 unspecified atom stereocenters. The van der Waals surface area contributed by atoms with E-state index in [9.17, 15) is 0 Å². The maximum Gasteiger partial charge on any atom is 0.159 e. The van der Waals surface area contributed by atoms with Crippen molar-refractivity contribution in [2.45, 2.75) is 6.17 Å². The fourth-order valence-electron chi connectivity index (χ4n) is 8.30. The van der Waals surface area contributed by atoms with Gasteiger partial charge in [0.15, 0.2) is 5.84 Å². The quantitative estimate of drug-likeness (QED) is 0.182. The van der Waals surface area contributed by atoms with Crippen molar-refractivity contribution in [2.75, 3.05) is 0 Å². The first-order valence-electron chi connectivity index (χ1n) is 18.9. The monoisotopic (exact) mass is 734 g/mol. The number of fused-ring (bicyclic) bond motifs is 6. The van der Waals surface area contributed by atoms with E-state index in [0.29, 0.717) is 5.84 Å². The number of amidine groups is 2. The average molecular weight is 735 g/mol. The molecule has 0 saturated carbocycles. The summed E-state index contributed by atoms with van der Waals surface area (Å²) in [5.74, 6) is 1.51. The van der Waals surface area contributed by atoms with E-state index in [1.54, 1.807) is 0 Å². The summed E-state index contributed by atoms with van der Waals surface area (Å²) in [5.41, 5.74) is 11.2. The van der Waals surface area contributed by atoms with Crippen molar-refractivity contribution in [1.29, 1.82) is 0 Å². The van der Waals surface area contributed by atoms with E-state index in [1.807, 2.05) is 29.5 Å². The van der Waals surface area contributed by atoms with Crippen LogP contribution in [0.1, 0.15) is 22.9 Å². The molecule has 10 aromatic rings. The predicted molar refractivity (Wildman–Crippen MR) is 236 cm³/mol. The average Bonchev–Trinajstić information content (AvgIpc) is 3.82. The second-order valence-corrected chi connectivity index (χ2v) is 15.3. The van der Waals surface area contributed by atoms with Gasteiger partial charge in [-0.1, -0.05) is 152 Å². The molecule has 0 amide bonds. The van der Waals surface area contributed by atoms with Crippen LogP contribution in [0.15, 0.2) is 204 Å². The van der Waals surface area contributed by atoms with Crippen LogP contribution in [-0.2, 0) is 0 Å². The van der Waals surface area contributed by atoms with Gasteiger partial charge in [0.1, 0.15) is 12.0 Å². The summed E-state index contributed by atoms with van der Waals surface area (Å²) < 4.78 is 5.05. The Morgan fingerprint density at radius 3 is 1.96 bits per heavy atom. The smallest absolute Gasteiger partial charge is 0.159 e. The molecule has 0 spiro atoms. The van der Waals surface area contributed by atoms with Crippen LogP contribution < -0.4 is 5.32 Å². The fraction of sp³-hybridized carbons (Fsp3) is 0.0196. The first-order chi connectivity index (χ1) is 27.8. The first-order valence-corrected chi connectivity index (χ1v) is 19.8. The van der Waals surface area contributed by atoms with Crippen LogP contribution >= 0.6 is 11.3 Å². The minimum absolute atomic E-state index is 0.353. The van der Waals surface area contributed by atoms with Gasteiger partial charge in [0, 0.05) is 47.8 Å². The van der Waals surface area contributed by atoms with Crippen molar-refractivity contribution >= 4 is 65.0 Å². The van der Waals surface area contributed by atoms with Gasteiger partial charge in [-0.3, -0.25) is 0 Å². The highest BCUT2D eigenvalue weighted by atomic mass is 32.1. The molecular formula is C51H34N4S. The van der Waals surface area contributed by atoms with Crippen LogP contribution in [0.3, 0.4) is 0 Å². The molecular weight excluding hydrogens is 701 g/mol. The molecule has 1 atom stereocenters. The third kappa shape index (κ3) is 5.44. The van der Waals surface area contributed by atoms with Crippen LogP contribution in [0.4, 0.5) is 0 Å². The number of benzene rings is 8. The highest BCUT2D eigenvalue weighted by Crippen LogP contribution is 2.41. The van der Waals surface area contributed by atoms with E-state index in [-0.39, 0.29) is 6.17 Å². The lowest BCUT2D eigenvalue weighted by Gasteiger charge is -2.25. The molecule has 8 aromatic carbocycles. The molecule has 1 aliphatic heterocycles. The third-order valence-electron chi connectivity index (χ3n) is 10.9. The zero-order chi connectivity index (χ0) is 37.0. The summed E-state index contributed by atoms with van der Waals surface area (Å²) in [6, 6.07) is 69.2. The van der Waals surface area contributed by atoms with Crippen molar-refractivity contribution in [3.8, 4) is 27.9 Å². The summed E-state index contributed by atoms with van der Waals surface area (Å²) in [6.45, 7) is 0. The minimum Gasteiger partial charge on any atom is -0.344 e. The molecule has 56 heavy (non-hydrogen) atoms. The van der Waals surface area contributed by atoms with Crippen molar-refractivity contribution < 1.29 is 0 Å². The van der Waals surface area contributed by atoms with Gasteiger partial charge in [0.05, 0.1) is 11.0 Å². The number of para-hydroxylation sites is 1. The van der Waals surface area contributed by atoms with E-state index in [1.165, 1.54) is 47.5 Å². The molecule has 0 bridgehead atoms. The van der Waals surface area contributed by atoms with Crippen LogP contribution in [0.25, 0.3) is 69.9 Å². The van der Waals surface area contributed by atoms with Crippen molar-refractivity contribution in [3.63, 3.8) is 0 Å². The lowest BCUT2D eigenvalue weighted by Crippen LogP contribution is -2.34. The maximum atomic E-state index is 5.25. The van der Waals surface area contributed by atoms with Gasteiger partial charge in [-0.25, -0.2) is 9.98 Å². The van der Waals surface area contributed by atoms with Gasteiger partial charge in [0.25, 0.3) is 0 Å². The van der Waals surface area contributed by atoms with Crippen molar-refractivity contribution in [3.05, 3.63) is 211 Å². The molecule has 11 rings (SSSR count). The molecule has 0 radical (unpaired) electrons. The van der Waals surface area contributed by atoms with E-state index in [0.717, 1.165) is 44.9 Å². The molecule has 2 aromatic heterocycles. The standard InChI is InChI=1S/C51H34N4S/c1-3-15-33(16-4-1)38-21-7-8-23-41(38)51-53-49(34-17-5-2-6-18-34)52-50(54-51)36-20-13-19-35(31-36)39-25-14-27-45-48(39)42-24-9-11-26-44(42)55(45)37-29-30-47-43(32-37)40-22-10-12-28-46(40)56-47/h1-32,50H,(H,52,53,54). The van der Waals surface area contributed by atoms with Crippen LogP contribution in [0.2, 0.25) is 0 Å². The lowest BCUT2D eigenvalue weighted by atomic mass is 9.96. The van der Waals surface area contributed by atoms with Gasteiger partial charge in [-0.05, 0) is 70.3 Å². The topological polar surface area (TPSA) is 41.7 Å². The molecule has 4 nitrogen and oxygen atoms in total. The summed E-state index contributed by atoms with van der Waals surface area (Å²) in [4.78, 5) is 10.4. The van der Waals surface area contributed by atoms with E-state index in [2.05, 4.69) is 186 Å². The molecule has 264 valence electrons. The molecule has 3 heterocycles. The van der Waals surface area contributed by atoms with Crippen LogP contribution in [0.5, 0.6) is 0 Å². The zero-order valence-electron chi connectivity index (χ0n) is 30.3. The number of nitrogens with one attached hydrogen (secondary N) is 1. The molecule has 0 saturated heterocycles. The van der Waals surface area contributed by atoms with E-state index < -0.39 is 0 Å². The van der Waals surface area contributed by atoms with Gasteiger partial charge >= 0.3 is 0 Å². The summed E-state index contributed by atoms with van der Waals surface area (Å²) in [6.07, 6.45) is -0.353. The third-order valence-corrected chi connectivity index (χ3v) is 12.0. The summed E-state index contributed by atoms with van der Waals surface area (Å²) >= 11 is 1.85. The summed E-state index contributed by atoms with van der Waals surface area (Å²) in [5, 5.41) is 8.81. The molecule has 5 heteroatoms. The predicted octanol–water partition coefficient (Wildman–Crippen LogP) is 13.0. The Morgan fingerprint density at radius 1 is 0.464 bits per heavy atom. The van der Waals surface area contributed by atoms with Crippen molar-refractivity contribution in [1.82, 2.24) is 9.88 Å². The maximum absolute atomic E-state index is 5.25. The van der Waals surface area contributed by atoms with Gasteiger partial charge in [-0.2, -0.15) is 0 Å². The highest BCUT2D eigenvalue weighted by Gasteiger charge is 2.24. The molecule has 0 fully saturated rings. The van der Waals surface area contributed by atoms with E-state index in [4.69, 9.17) is 9.98 Å². The Kier molecular flexibility index (Phi) is 7.71. The second-order valence-electron chi connectivity index (χ2n) is 14.2. The number of hydrogen-bond donors (Lipinski definition) is 1. The Bertz CT molecular complexity index is 3170. The van der Waals surface area contributed by atoms with Crippen LogP contribution in [0, 0.1) is 0 Å². The first kappa shape index (κ1) is 32.4. The largest absolute Gasteiger partial charge is 0.344 e. The Morgan fingerprint density at radius 2 is 1.11 bits per heavy atom. The fourth-order valence-corrected chi connectivity index (χ4v) is 9.39. The number of hydrogen-bond acceptors (Lipinski definition) is 4. The van der Waals surface area contributed by atoms with E-state index >= 15 is 0 Å². The number of rotatable bonds is 6. The Hall–Kier alpha value is -7.08. The zero-order valence-corrected chi connectivity index (χ0v) is 31.1.